The van der Waals surface area contributed by atoms with Gasteiger partial charge in [-0.1, -0.05) is 37.3 Å². The van der Waals surface area contributed by atoms with E-state index in [1.165, 1.54) is 10.4 Å². The molecule has 2 atom stereocenters. The Morgan fingerprint density at radius 3 is 2.70 bits per heavy atom. The third kappa shape index (κ3) is 3.56. The number of nitrogens with zero attached hydrogens (tertiary/aromatic N) is 4. The maximum absolute atomic E-state index is 13.3. The number of benzene rings is 1. The Morgan fingerprint density at radius 1 is 1.13 bits per heavy atom. The molecule has 2 aliphatic rings. The summed E-state index contributed by atoms with van der Waals surface area (Å²) < 4.78 is 0. The maximum Gasteiger partial charge on any atom is 0.227 e. The first-order valence-electron chi connectivity index (χ1n) is 10.8. The Kier molecular flexibility index (Phi) is 5.39. The van der Waals surface area contributed by atoms with Gasteiger partial charge in [0.05, 0.1) is 11.3 Å². The highest BCUT2D eigenvalue weighted by Crippen LogP contribution is 2.32. The van der Waals surface area contributed by atoms with Crippen LogP contribution in [0.1, 0.15) is 23.3 Å². The number of nitrogens with one attached hydrogen (secondary N) is 1. The van der Waals surface area contributed by atoms with Crippen molar-refractivity contribution >= 4 is 33.3 Å². The number of amides is 1. The molecule has 2 saturated heterocycles. The summed E-state index contributed by atoms with van der Waals surface area (Å²) in [6, 6.07) is 12.7. The summed E-state index contributed by atoms with van der Waals surface area (Å²) in [6.07, 6.45) is 2.68. The SMILES string of the molecule is CCc1cc2c(N3CCN(C(=O)C4CNCC4c4ccccc4)CC3)ncnc2s1. The van der Waals surface area contributed by atoms with Gasteiger partial charge in [-0.25, -0.2) is 9.97 Å². The summed E-state index contributed by atoms with van der Waals surface area (Å²) in [7, 11) is 0. The maximum atomic E-state index is 13.3. The van der Waals surface area contributed by atoms with Gasteiger partial charge in [0.25, 0.3) is 0 Å². The van der Waals surface area contributed by atoms with Gasteiger partial charge in [0.2, 0.25) is 5.91 Å². The van der Waals surface area contributed by atoms with Gasteiger partial charge in [0.15, 0.2) is 0 Å². The summed E-state index contributed by atoms with van der Waals surface area (Å²) in [5, 5.41) is 4.57. The lowest BCUT2D eigenvalue weighted by atomic mass is 9.88. The van der Waals surface area contributed by atoms with Gasteiger partial charge in [0, 0.05) is 50.1 Å². The first-order chi connectivity index (χ1) is 14.7. The predicted octanol–water partition coefficient (Wildman–Crippen LogP) is 2.91. The summed E-state index contributed by atoms with van der Waals surface area (Å²) >= 11 is 1.75. The van der Waals surface area contributed by atoms with Crippen LogP contribution in [-0.2, 0) is 11.2 Å². The van der Waals surface area contributed by atoms with Gasteiger partial charge < -0.3 is 15.1 Å². The summed E-state index contributed by atoms with van der Waals surface area (Å²) in [5.74, 6) is 1.57. The van der Waals surface area contributed by atoms with Crippen LogP contribution in [0.3, 0.4) is 0 Å². The smallest absolute Gasteiger partial charge is 0.227 e. The van der Waals surface area contributed by atoms with Crippen LogP contribution in [0.5, 0.6) is 0 Å². The van der Waals surface area contributed by atoms with E-state index in [2.05, 4.69) is 57.4 Å². The van der Waals surface area contributed by atoms with Crippen molar-refractivity contribution in [1.82, 2.24) is 20.2 Å². The molecule has 4 heterocycles. The van der Waals surface area contributed by atoms with E-state index >= 15 is 0 Å². The number of fused-ring (bicyclic) bond motifs is 1. The Balaban J connectivity index is 1.28. The molecule has 0 aliphatic carbocycles. The molecule has 6 nitrogen and oxygen atoms in total. The molecule has 0 spiro atoms. The molecule has 2 unspecified atom stereocenters. The molecule has 30 heavy (non-hydrogen) atoms. The van der Waals surface area contributed by atoms with Gasteiger partial charge in [-0.3, -0.25) is 4.79 Å². The number of aromatic nitrogens is 2. The molecule has 0 bridgehead atoms. The van der Waals surface area contributed by atoms with E-state index < -0.39 is 0 Å². The van der Waals surface area contributed by atoms with Crippen molar-refractivity contribution < 1.29 is 4.79 Å². The number of carbonyl (C=O) groups is 1. The van der Waals surface area contributed by atoms with Crippen LogP contribution >= 0.6 is 11.3 Å². The largest absolute Gasteiger partial charge is 0.352 e. The zero-order valence-electron chi connectivity index (χ0n) is 17.3. The molecule has 2 aliphatic heterocycles. The first-order valence-corrected chi connectivity index (χ1v) is 11.6. The number of rotatable bonds is 4. The summed E-state index contributed by atoms with van der Waals surface area (Å²) in [4.78, 5) is 29.1. The second kappa shape index (κ2) is 8.32. The molecule has 1 amide bonds. The van der Waals surface area contributed by atoms with E-state index in [-0.39, 0.29) is 17.7 Å². The minimum atomic E-state index is 0.0219. The van der Waals surface area contributed by atoms with Crippen molar-refractivity contribution in [3.8, 4) is 0 Å². The normalized spacial score (nSPS) is 22.0. The number of hydrogen-bond donors (Lipinski definition) is 1. The molecule has 7 heteroatoms. The standard InChI is InChI=1S/C23H27N5OS/c1-2-17-12-18-21(25-15-26-22(18)30-17)27-8-10-28(11-9-27)23(29)20-14-24-13-19(20)16-6-4-3-5-7-16/h3-7,12,15,19-20,24H,2,8-11,13-14H2,1H3. The van der Waals surface area contributed by atoms with E-state index in [0.29, 0.717) is 0 Å². The lowest BCUT2D eigenvalue weighted by Gasteiger charge is -2.37. The van der Waals surface area contributed by atoms with Gasteiger partial charge in [-0.2, -0.15) is 0 Å². The quantitative estimate of drug-likeness (QED) is 0.702. The Labute approximate surface area is 180 Å². The number of carbonyl (C=O) groups excluding carboxylic acids is 1. The van der Waals surface area contributed by atoms with Crippen molar-refractivity contribution in [3.05, 3.63) is 53.2 Å². The highest BCUT2D eigenvalue weighted by Gasteiger charge is 2.37. The van der Waals surface area contributed by atoms with Crippen LogP contribution in [0.2, 0.25) is 0 Å². The highest BCUT2D eigenvalue weighted by molar-refractivity contribution is 7.18. The lowest BCUT2D eigenvalue weighted by molar-refractivity contribution is -0.135. The molecule has 0 radical (unpaired) electrons. The van der Waals surface area contributed by atoms with Crippen molar-refractivity contribution in [3.63, 3.8) is 0 Å². The zero-order valence-corrected chi connectivity index (χ0v) is 18.1. The Morgan fingerprint density at radius 2 is 1.93 bits per heavy atom. The van der Waals surface area contributed by atoms with Crippen LogP contribution in [0.25, 0.3) is 10.2 Å². The van der Waals surface area contributed by atoms with E-state index in [9.17, 15) is 4.79 Å². The predicted molar refractivity (Wildman–Crippen MR) is 121 cm³/mol. The number of thiophene rings is 1. The number of anilines is 1. The van der Waals surface area contributed by atoms with E-state index in [1.807, 2.05) is 11.0 Å². The number of hydrogen-bond acceptors (Lipinski definition) is 6. The summed E-state index contributed by atoms with van der Waals surface area (Å²) in [6.45, 7) is 6.91. The molecule has 3 aromatic rings. The topological polar surface area (TPSA) is 61.4 Å². The van der Waals surface area contributed by atoms with E-state index in [1.54, 1.807) is 17.7 Å². The summed E-state index contributed by atoms with van der Waals surface area (Å²) in [5.41, 5.74) is 1.26. The number of aryl methyl sites for hydroxylation is 1. The molecule has 2 aromatic heterocycles. The molecular formula is C23H27N5OS. The van der Waals surface area contributed by atoms with Gasteiger partial charge >= 0.3 is 0 Å². The second-order valence-electron chi connectivity index (χ2n) is 8.08. The zero-order chi connectivity index (χ0) is 20.5. The van der Waals surface area contributed by atoms with Gasteiger partial charge in [0.1, 0.15) is 17.0 Å². The first kappa shape index (κ1) is 19.5. The lowest BCUT2D eigenvalue weighted by Crippen LogP contribution is -2.51. The minimum absolute atomic E-state index is 0.0219. The van der Waals surface area contributed by atoms with Crippen molar-refractivity contribution in [2.75, 3.05) is 44.2 Å². The van der Waals surface area contributed by atoms with Crippen LogP contribution in [0, 0.1) is 5.92 Å². The molecule has 156 valence electrons. The molecule has 2 fully saturated rings. The molecule has 1 aromatic carbocycles. The minimum Gasteiger partial charge on any atom is -0.352 e. The fourth-order valence-electron chi connectivity index (χ4n) is 4.68. The Bertz CT molecular complexity index is 1030. The second-order valence-corrected chi connectivity index (χ2v) is 9.19. The van der Waals surface area contributed by atoms with Crippen LogP contribution in [-0.4, -0.2) is 60.0 Å². The van der Waals surface area contributed by atoms with Gasteiger partial charge in [-0.05, 0) is 18.1 Å². The molecule has 1 N–H and O–H groups in total. The highest BCUT2D eigenvalue weighted by atomic mass is 32.1. The van der Waals surface area contributed by atoms with E-state index in [0.717, 1.165) is 61.7 Å². The third-order valence-electron chi connectivity index (χ3n) is 6.36. The Hall–Kier alpha value is -2.51. The van der Waals surface area contributed by atoms with Crippen LogP contribution in [0.4, 0.5) is 5.82 Å². The fourth-order valence-corrected chi connectivity index (χ4v) is 5.61. The molecule has 0 saturated carbocycles. The van der Waals surface area contributed by atoms with Crippen LogP contribution in [0.15, 0.2) is 42.7 Å². The third-order valence-corrected chi connectivity index (χ3v) is 7.55. The fraction of sp³-hybridized carbons (Fsp3) is 0.435. The van der Waals surface area contributed by atoms with Crippen molar-refractivity contribution in [1.29, 1.82) is 0 Å². The average molecular weight is 422 g/mol. The van der Waals surface area contributed by atoms with Crippen LogP contribution < -0.4 is 10.2 Å². The van der Waals surface area contributed by atoms with E-state index in [4.69, 9.17) is 0 Å². The molecular weight excluding hydrogens is 394 g/mol. The van der Waals surface area contributed by atoms with Gasteiger partial charge in [-0.15, -0.1) is 11.3 Å². The number of piperazine rings is 1. The average Bonchev–Trinajstić information content (AvgIpc) is 3.46. The van der Waals surface area contributed by atoms with Crippen molar-refractivity contribution in [2.24, 2.45) is 5.92 Å². The monoisotopic (exact) mass is 421 g/mol. The molecule has 5 rings (SSSR count). The van der Waals surface area contributed by atoms with Crippen molar-refractivity contribution in [2.45, 2.75) is 19.3 Å².